The van der Waals surface area contributed by atoms with Crippen LogP contribution in [0.25, 0.3) is 0 Å². The molecule has 0 saturated heterocycles. The van der Waals surface area contributed by atoms with Gasteiger partial charge in [-0.2, -0.15) is 13.2 Å². The first-order valence-corrected chi connectivity index (χ1v) is 12.1. The van der Waals surface area contributed by atoms with Crippen LogP contribution >= 0.6 is 0 Å². The molecule has 38 heavy (non-hydrogen) atoms. The zero-order valence-electron chi connectivity index (χ0n) is 21.6. The number of alkyl halides is 4. The van der Waals surface area contributed by atoms with Crippen LogP contribution in [0.15, 0.2) is 54.6 Å². The Labute approximate surface area is 218 Å². The maximum Gasteiger partial charge on any atom is 0.450 e. The molecule has 2 rings (SSSR count). The molecule has 0 spiro atoms. The Balaban J connectivity index is 2.25. The fraction of sp³-hybridized carbons (Fsp3) is 0.429. The van der Waals surface area contributed by atoms with E-state index in [2.05, 4.69) is 5.32 Å². The summed E-state index contributed by atoms with van der Waals surface area (Å²) in [7, 11) is 1.42. The highest BCUT2D eigenvalue weighted by molar-refractivity contribution is 5.96. The lowest BCUT2D eigenvalue weighted by Gasteiger charge is -2.25. The van der Waals surface area contributed by atoms with Crippen molar-refractivity contribution in [1.82, 2.24) is 5.32 Å². The van der Waals surface area contributed by atoms with E-state index in [4.69, 9.17) is 4.74 Å². The second-order valence-electron chi connectivity index (χ2n) is 9.44. The first-order chi connectivity index (χ1) is 17.8. The maximum absolute atomic E-state index is 14.6. The summed E-state index contributed by atoms with van der Waals surface area (Å²) in [6.45, 7) is 4.18. The van der Waals surface area contributed by atoms with Crippen LogP contribution in [0.1, 0.15) is 57.0 Å². The van der Waals surface area contributed by atoms with Crippen LogP contribution in [0.3, 0.4) is 0 Å². The normalized spacial score (nSPS) is 14.8. The first kappa shape index (κ1) is 30.7. The van der Waals surface area contributed by atoms with Gasteiger partial charge in [-0.15, -0.1) is 0 Å². The molecule has 0 aromatic heterocycles. The van der Waals surface area contributed by atoms with Crippen LogP contribution in [0.5, 0.6) is 5.75 Å². The van der Waals surface area contributed by atoms with E-state index >= 15 is 0 Å². The van der Waals surface area contributed by atoms with E-state index in [1.807, 2.05) is 0 Å². The number of carbonyl (C=O) groups is 4. The molecular weight excluding hydrogens is 506 g/mol. The van der Waals surface area contributed by atoms with E-state index < -0.39 is 72.2 Å². The summed E-state index contributed by atoms with van der Waals surface area (Å²) in [5, 5.41) is 2.48. The van der Waals surface area contributed by atoms with Gasteiger partial charge in [0.2, 0.25) is 11.7 Å². The maximum atomic E-state index is 14.6. The lowest BCUT2D eigenvalue weighted by Crippen LogP contribution is -2.40. The zero-order valence-corrected chi connectivity index (χ0v) is 21.6. The number of hydrogen-bond acceptors (Lipinski definition) is 5. The molecule has 0 radical (unpaired) electrons. The Morgan fingerprint density at radius 2 is 1.42 bits per heavy atom. The van der Waals surface area contributed by atoms with Crippen molar-refractivity contribution in [2.24, 2.45) is 17.8 Å². The third-order valence-electron chi connectivity index (χ3n) is 6.23. The molecular formula is C28H31F4NO5. The quantitative estimate of drug-likeness (QED) is 0.340. The fourth-order valence-corrected chi connectivity index (χ4v) is 3.91. The smallest absolute Gasteiger partial charge is 0.450 e. The van der Waals surface area contributed by atoms with Crippen molar-refractivity contribution in [2.75, 3.05) is 7.11 Å². The van der Waals surface area contributed by atoms with Gasteiger partial charge in [0.1, 0.15) is 11.8 Å². The minimum atomic E-state index is -5.12. The summed E-state index contributed by atoms with van der Waals surface area (Å²) in [6.07, 6.45) is -8.29. The number of ether oxygens (including phenoxy) is 1. The molecule has 6 nitrogen and oxygen atoms in total. The standard InChI is InChI=1S/C28H31F4NO5/c1-16(2)21(26(36)28(30,31)32)15-23(35)25(19-10-12-20(38-4)13-11-19)33-27(37)17(3)14-22(34)24(29)18-8-6-5-7-9-18/h5-13,16-17,21,24-25H,14-15H2,1-4H3,(H,33,37)/t17-,21+,24?,25+/m1/s1. The molecule has 0 aliphatic heterocycles. The monoisotopic (exact) mass is 537 g/mol. The first-order valence-electron chi connectivity index (χ1n) is 12.1. The summed E-state index contributed by atoms with van der Waals surface area (Å²) < 4.78 is 59.1. The SMILES string of the molecule is COc1ccc([C@H](NC(=O)[C@H](C)CC(=O)C(F)c2ccccc2)C(=O)C[C@H](C(=O)C(F)(F)F)C(C)C)cc1. The van der Waals surface area contributed by atoms with E-state index in [0.717, 1.165) is 0 Å². The van der Waals surface area contributed by atoms with Crippen LogP contribution in [-0.2, 0) is 19.2 Å². The van der Waals surface area contributed by atoms with Crippen molar-refractivity contribution in [3.63, 3.8) is 0 Å². The molecule has 0 bridgehead atoms. The molecule has 0 fully saturated rings. The number of amides is 1. The van der Waals surface area contributed by atoms with E-state index in [0.29, 0.717) is 5.75 Å². The molecule has 0 aliphatic carbocycles. The average Bonchev–Trinajstić information content (AvgIpc) is 2.88. The van der Waals surface area contributed by atoms with Crippen LogP contribution in [0.2, 0.25) is 0 Å². The fourth-order valence-electron chi connectivity index (χ4n) is 3.91. The summed E-state index contributed by atoms with van der Waals surface area (Å²) in [4.78, 5) is 50.6. The molecule has 10 heteroatoms. The van der Waals surface area contributed by atoms with Gasteiger partial charge < -0.3 is 10.1 Å². The molecule has 0 saturated carbocycles. The van der Waals surface area contributed by atoms with E-state index in [-0.39, 0.29) is 11.1 Å². The molecule has 2 aromatic rings. The van der Waals surface area contributed by atoms with Gasteiger partial charge in [-0.05, 0) is 29.2 Å². The van der Waals surface area contributed by atoms with Crippen molar-refractivity contribution in [2.45, 2.75) is 52.0 Å². The van der Waals surface area contributed by atoms with Crippen LogP contribution < -0.4 is 10.1 Å². The van der Waals surface area contributed by atoms with Gasteiger partial charge in [-0.25, -0.2) is 4.39 Å². The van der Waals surface area contributed by atoms with Gasteiger partial charge >= 0.3 is 6.18 Å². The second kappa shape index (κ2) is 13.3. The molecule has 1 N–H and O–H groups in total. The van der Waals surface area contributed by atoms with Crippen molar-refractivity contribution >= 4 is 23.3 Å². The van der Waals surface area contributed by atoms with Crippen LogP contribution in [0.4, 0.5) is 17.6 Å². The minimum absolute atomic E-state index is 0.144. The summed E-state index contributed by atoms with van der Waals surface area (Å²) in [5.41, 5.74) is 0.391. The van der Waals surface area contributed by atoms with Crippen LogP contribution in [-0.4, -0.2) is 36.5 Å². The number of halogens is 4. The van der Waals surface area contributed by atoms with E-state index in [1.54, 1.807) is 18.2 Å². The van der Waals surface area contributed by atoms with Gasteiger partial charge in [-0.3, -0.25) is 19.2 Å². The summed E-state index contributed by atoms with van der Waals surface area (Å²) >= 11 is 0. The van der Waals surface area contributed by atoms with Crippen molar-refractivity contribution < 1.29 is 41.5 Å². The van der Waals surface area contributed by atoms with Crippen LogP contribution in [0, 0.1) is 17.8 Å². The molecule has 0 aliphatic rings. The lowest BCUT2D eigenvalue weighted by molar-refractivity contribution is -0.177. The van der Waals surface area contributed by atoms with Crippen molar-refractivity contribution in [3.05, 3.63) is 65.7 Å². The summed E-state index contributed by atoms with van der Waals surface area (Å²) in [5.74, 6) is -7.48. The lowest BCUT2D eigenvalue weighted by atomic mass is 9.84. The average molecular weight is 538 g/mol. The number of ketones is 3. The largest absolute Gasteiger partial charge is 0.497 e. The zero-order chi connectivity index (χ0) is 28.6. The predicted molar refractivity (Wildman–Crippen MR) is 132 cm³/mol. The number of benzene rings is 2. The predicted octanol–water partition coefficient (Wildman–Crippen LogP) is 5.52. The second-order valence-corrected chi connectivity index (χ2v) is 9.44. The van der Waals surface area contributed by atoms with Crippen molar-refractivity contribution in [3.8, 4) is 5.75 Å². The topological polar surface area (TPSA) is 89.5 Å². The Kier molecular flexibility index (Phi) is 10.7. The van der Waals surface area contributed by atoms with Gasteiger partial charge in [0.05, 0.1) is 7.11 Å². The van der Waals surface area contributed by atoms with Gasteiger partial charge in [0.25, 0.3) is 0 Å². The number of nitrogens with one attached hydrogen (secondary N) is 1. The van der Waals surface area contributed by atoms with Gasteiger partial charge in [0, 0.05) is 24.7 Å². The van der Waals surface area contributed by atoms with Crippen molar-refractivity contribution in [1.29, 1.82) is 0 Å². The highest BCUT2D eigenvalue weighted by Gasteiger charge is 2.45. The third-order valence-corrected chi connectivity index (χ3v) is 6.23. The Bertz CT molecular complexity index is 1120. The number of hydrogen-bond donors (Lipinski definition) is 1. The molecule has 206 valence electrons. The van der Waals surface area contributed by atoms with E-state index in [9.17, 15) is 36.7 Å². The third kappa shape index (κ3) is 8.22. The number of carbonyl (C=O) groups excluding carboxylic acids is 4. The highest BCUT2D eigenvalue weighted by atomic mass is 19.4. The van der Waals surface area contributed by atoms with E-state index in [1.165, 1.54) is 64.3 Å². The number of methoxy groups -OCH3 is 1. The van der Waals surface area contributed by atoms with Gasteiger partial charge in [0.15, 0.2) is 17.7 Å². The summed E-state index contributed by atoms with van der Waals surface area (Å²) in [6, 6.07) is 12.2. The Hall–Kier alpha value is -3.56. The Morgan fingerprint density at radius 1 is 0.842 bits per heavy atom. The highest BCUT2D eigenvalue weighted by Crippen LogP contribution is 2.30. The molecule has 1 amide bonds. The molecule has 1 unspecified atom stereocenters. The Morgan fingerprint density at radius 3 is 1.92 bits per heavy atom. The number of rotatable bonds is 13. The molecule has 2 aromatic carbocycles. The molecule has 0 heterocycles. The molecule has 4 atom stereocenters. The van der Waals surface area contributed by atoms with Gasteiger partial charge in [-0.1, -0.05) is 63.2 Å². The number of Topliss-reactive ketones (excluding diaryl/α,β-unsaturated/α-hetero) is 3. The minimum Gasteiger partial charge on any atom is -0.497 e.